The van der Waals surface area contributed by atoms with Crippen molar-refractivity contribution in [2.75, 3.05) is 4.90 Å². The van der Waals surface area contributed by atoms with Crippen LogP contribution >= 0.6 is 0 Å². The maximum Gasteiger partial charge on any atom is 0.0629 e. The Labute approximate surface area is 334 Å². The fourth-order valence-corrected chi connectivity index (χ4v) is 7.72. The van der Waals surface area contributed by atoms with Gasteiger partial charge in [-0.3, -0.25) is 0 Å². The van der Waals surface area contributed by atoms with Crippen LogP contribution in [0.2, 0.25) is 0 Å². The Balaban J connectivity index is 0.947. The van der Waals surface area contributed by atoms with E-state index in [9.17, 15) is 0 Å². The lowest BCUT2D eigenvalue weighted by Gasteiger charge is -2.26. The first-order chi connectivity index (χ1) is 29.8. The van der Waals surface area contributed by atoms with E-state index in [1.807, 2.05) is 48.5 Å². The molecule has 0 fully saturated rings. The molecule has 0 radical (unpaired) electrons. The molecule has 0 aliphatic heterocycles. The fraction of sp³-hybridized carbons (Fsp3) is 0. The average molecular weight is 720 g/mol. The molecule has 10 aromatic rings. The average Bonchev–Trinajstić information content (AvgIpc) is 3.65. The van der Waals surface area contributed by atoms with E-state index >= 15 is 0 Å². The predicted molar refractivity (Wildman–Crippen MR) is 237 cm³/mol. The van der Waals surface area contributed by atoms with E-state index in [1.165, 1.54) is 27.4 Å². The smallest absolute Gasteiger partial charge is 0.0629 e. The molecule has 264 valence electrons. The highest BCUT2D eigenvalue weighted by Gasteiger charge is 2.15. The zero-order valence-corrected chi connectivity index (χ0v) is 30.4. The summed E-state index contributed by atoms with van der Waals surface area (Å²) in [5.74, 6) is 0. The fourth-order valence-electron chi connectivity index (χ4n) is 7.72. The molecule has 0 spiro atoms. The van der Waals surface area contributed by atoms with Crippen molar-refractivity contribution in [1.29, 1.82) is 0 Å². The maximum atomic E-state index is 8.46. The van der Waals surface area contributed by atoms with Crippen molar-refractivity contribution in [2.24, 2.45) is 0 Å². The topological polar surface area (TPSA) is 8.17 Å². The molecule has 0 aliphatic carbocycles. The van der Waals surface area contributed by atoms with Crippen LogP contribution in [0.1, 0.15) is 6.85 Å². The van der Waals surface area contributed by atoms with Gasteiger partial charge in [-0.1, -0.05) is 170 Å². The van der Waals surface area contributed by atoms with Gasteiger partial charge in [0.15, 0.2) is 0 Å². The summed E-state index contributed by atoms with van der Waals surface area (Å²) in [6, 6.07) is 68.0. The van der Waals surface area contributed by atoms with Crippen molar-refractivity contribution in [3.8, 4) is 50.2 Å². The lowest BCUT2D eigenvalue weighted by molar-refractivity contribution is 1.18. The second-order valence-corrected chi connectivity index (χ2v) is 13.8. The second-order valence-electron chi connectivity index (χ2n) is 13.8. The van der Waals surface area contributed by atoms with Crippen molar-refractivity contribution in [3.05, 3.63) is 230 Å². The lowest BCUT2D eigenvalue weighted by Crippen LogP contribution is -2.09. The number of fused-ring (bicyclic) bond motifs is 3. The second kappa shape index (κ2) is 14.4. The van der Waals surface area contributed by atoms with Gasteiger partial charge in [0, 0.05) is 33.5 Å². The molecular weight excluding hydrogens is 677 g/mol. The Morgan fingerprint density at radius 2 is 0.750 bits per heavy atom. The molecule has 1 aromatic heterocycles. The van der Waals surface area contributed by atoms with Crippen LogP contribution in [0.4, 0.5) is 17.1 Å². The van der Waals surface area contributed by atoms with Crippen LogP contribution in [0.25, 0.3) is 72.0 Å². The van der Waals surface area contributed by atoms with E-state index in [2.05, 4.69) is 161 Å². The summed E-state index contributed by atoms with van der Waals surface area (Å²) in [4.78, 5) is 2.14. The van der Waals surface area contributed by atoms with Crippen LogP contribution < -0.4 is 4.90 Å². The van der Waals surface area contributed by atoms with Crippen LogP contribution in [0, 0.1) is 0 Å². The molecule has 2 heteroatoms. The SMILES string of the molecule is [2H]c1c([2H])c([2H])c(-c2ccc(N(c3ccccc3)c3ccc(-c4ccc(-c5ccc6c7ccccc7n(-c7ccc(-c8ccccc8)cc7)c6c5)cc4)cc3)cc2)c([2H])c1[2H]. The first-order valence-corrected chi connectivity index (χ1v) is 18.8. The summed E-state index contributed by atoms with van der Waals surface area (Å²) in [7, 11) is 0. The highest BCUT2D eigenvalue weighted by atomic mass is 15.1. The Morgan fingerprint density at radius 1 is 0.321 bits per heavy atom. The van der Waals surface area contributed by atoms with E-state index in [0.29, 0.717) is 5.56 Å². The third kappa shape index (κ3) is 6.24. The summed E-state index contributed by atoms with van der Waals surface area (Å²) >= 11 is 0. The van der Waals surface area contributed by atoms with Crippen molar-refractivity contribution >= 4 is 38.9 Å². The zero-order chi connectivity index (χ0) is 41.6. The number of hydrogen-bond acceptors (Lipinski definition) is 1. The van der Waals surface area contributed by atoms with Crippen LogP contribution in [0.5, 0.6) is 0 Å². The molecule has 0 atom stereocenters. The van der Waals surface area contributed by atoms with Crippen LogP contribution in [-0.2, 0) is 0 Å². The molecule has 0 amide bonds. The molecule has 56 heavy (non-hydrogen) atoms. The number of para-hydroxylation sites is 2. The van der Waals surface area contributed by atoms with Gasteiger partial charge in [-0.05, 0) is 105 Å². The molecule has 0 saturated heterocycles. The van der Waals surface area contributed by atoms with Crippen molar-refractivity contribution in [3.63, 3.8) is 0 Å². The number of hydrogen-bond donors (Lipinski definition) is 0. The first-order valence-electron chi connectivity index (χ1n) is 21.3. The minimum Gasteiger partial charge on any atom is -0.311 e. The lowest BCUT2D eigenvalue weighted by atomic mass is 9.99. The number of aromatic nitrogens is 1. The van der Waals surface area contributed by atoms with E-state index in [1.54, 1.807) is 0 Å². The number of benzene rings is 9. The van der Waals surface area contributed by atoms with E-state index in [-0.39, 0.29) is 29.7 Å². The third-order valence-corrected chi connectivity index (χ3v) is 10.5. The van der Waals surface area contributed by atoms with Gasteiger partial charge in [0.05, 0.1) is 17.9 Å². The maximum absolute atomic E-state index is 8.46. The van der Waals surface area contributed by atoms with Gasteiger partial charge in [0.25, 0.3) is 0 Å². The van der Waals surface area contributed by atoms with Gasteiger partial charge in [-0.2, -0.15) is 0 Å². The van der Waals surface area contributed by atoms with E-state index in [0.717, 1.165) is 50.5 Å². The van der Waals surface area contributed by atoms with Gasteiger partial charge >= 0.3 is 0 Å². The normalized spacial score (nSPS) is 12.5. The molecule has 2 nitrogen and oxygen atoms in total. The van der Waals surface area contributed by atoms with Crippen LogP contribution in [0.3, 0.4) is 0 Å². The summed E-state index contributed by atoms with van der Waals surface area (Å²) < 4.78 is 43.5. The molecule has 1 heterocycles. The molecule has 10 rings (SSSR count). The molecule has 0 saturated carbocycles. The highest BCUT2D eigenvalue weighted by Crippen LogP contribution is 2.38. The summed E-state index contributed by atoms with van der Waals surface area (Å²) in [6.07, 6.45) is 0. The Kier molecular flexibility index (Phi) is 7.24. The van der Waals surface area contributed by atoms with Gasteiger partial charge in [0.1, 0.15) is 0 Å². The van der Waals surface area contributed by atoms with Crippen LogP contribution in [0.15, 0.2) is 230 Å². The molecular formula is C54H38N2. The van der Waals surface area contributed by atoms with Gasteiger partial charge in [-0.15, -0.1) is 0 Å². The minimum absolute atomic E-state index is 0.188. The molecule has 0 aliphatic rings. The number of nitrogens with zero attached hydrogens (tertiary/aromatic N) is 2. The van der Waals surface area contributed by atoms with E-state index in [4.69, 9.17) is 6.85 Å². The van der Waals surface area contributed by atoms with Gasteiger partial charge in [-0.25, -0.2) is 0 Å². The number of rotatable bonds is 8. The Hall–Kier alpha value is -7.42. The predicted octanol–water partition coefficient (Wildman–Crippen LogP) is 14.9. The van der Waals surface area contributed by atoms with Crippen molar-refractivity contribution < 1.29 is 6.85 Å². The monoisotopic (exact) mass is 719 g/mol. The van der Waals surface area contributed by atoms with Gasteiger partial charge < -0.3 is 9.47 Å². The third-order valence-electron chi connectivity index (χ3n) is 10.5. The van der Waals surface area contributed by atoms with E-state index < -0.39 is 6.04 Å². The number of anilines is 3. The summed E-state index contributed by atoms with van der Waals surface area (Å²) in [5.41, 5.74) is 13.9. The Bertz CT molecular complexity index is 3170. The highest BCUT2D eigenvalue weighted by molar-refractivity contribution is 6.10. The van der Waals surface area contributed by atoms with Gasteiger partial charge in [0.2, 0.25) is 0 Å². The zero-order valence-electron chi connectivity index (χ0n) is 35.4. The molecule has 0 bridgehead atoms. The minimum atomic E-state index is -0.399. The summed E-state index contributed by atoms with van der Waals surface area (Å²) in [5, 5.41) is 2.45. The molecule has 0 N–H and O–H groups in total. The largest absolute Gasteiger partial charge is 0.311 e. The molecule has 9 aromatic carbocycles. The summed E-state index contributed by atoms with van der Waals surface area (Å²) in [6.45, 7) is 0. The van der Waals surface area contributed by atoms with Crippen LogP contribution in [-0.4, -0.2) is 4.57 Å². The van der Waals surface area contributed by atoms with Crippen molar-refractivity contribution in [2.45, 2.75) is 0 Å². The molecule has 0 unspecified atom stereocenters. The van der Waals surface area contributed by atoms with Crippen molar-refractivity contribution in [1.82, 2.24) is 4.57 Å². The Morgan fingerprint density at radius 3 is 1.38 bits per heavy atom. The standard InChI is InChI=1S/C54H38N2/c1-4-12-39(13-5-1)42-24-31-48(32-25-42)55(47-16-8-3-9-17-47)49-33-26-44(27-34-49)41-20-22-45(23-21-41)46-30-37-52-51-18-10-11-19-53(51)56(54(52)38-46)50-35-28-43(29-36-50)40-14-6-2-7-15-40/h1-38H/i1D,4D,5D,12D,13D. The quantitative estimate of drug-likeness (QED) is 0.152. The first kappa shape index (κ1) is 28.1.